The smallest absolute Gasteiger partial charge is 0.328 e. The summed E-state index contributed by atoms with van der Waals surface area (Å²) in [6.45, 7) is 18.0. The van der Waals surface area contributed by atoms with E-state index in [4.69, 9.17) is 4.74 Å². The summed E-state index contributed by atoms with van der Waals surface area (Å²) in [6, 6.07) is -0.0636. The molecule has 2 saturated heterocycles. The van der Waals surface area contributed by atoms with Gasteiger partial charge in [0, 0.05) is 25.2 Å². The number of carbonyl (C=O) groups is 4. The van der Waals surface area contributed by atoms with E-state index in [0.717, 1.165) is 25.3 Å². The summed E-state index contributed by atoms with van der Waals surface area (Å²) < 4.78 is 5.40. The van der Waals surface area contributed by atoms with Crippen LogP contribution in [0.5, 0.6) is 0 Å². The minimum Gasteiger partial charge on any atom is -0.464 e. The van der Waals surface area contributed by atoms with Crippen LogP contribution in [0.1, 0.15) is 99.8 Å². The average molecular weight is 579 g/mol. The molecule has 41 heavy (non-hydrogen) atoms. The number of esters is 1. The lowest BCUT2D eigenvalue weighted by atomic mass is 9.99. The lowest BCUT2D eigenvalue weighted by Crippen LogP contribution is -2.45. The molecule has 2 heterocycles. The molecule has 3 aliphatic rings. The molecule has 3 rings (SSSR count). The van der Waals surface area contributed by atoms with Gasteiger partial charge in [-0.15, -0.1) is 0 Å². The maximum absolute atomic E-state index is 13.0. The topological polar surface area (TPSA) is 99.3 Å². The van der Waals surface area contributed by atoms with Crippen molar-refractivity contribution in [3.05, 3.63) is 11.6 Å². The van der Waals surface area contributed by atoms with Crippen molar-refractivity contribution in [2.75, 3.05) is 39.8 Å². The Hall–Kier alpha value is -2.42. The van der Waals surface area contributed by atoms with Gasteiger partial charge in [0.05, 0.1) is 19.2 Å². The van der Waals surface area contributed by atoms with Gasteiger partial charge in [0.15, 0.2) is 0 Å². The van der Waals surface area contributed by atoms with Crippen molar-refractivity contribution >= 4 is 24.2 Å². The van der Waals surface area contributed by atoms with Gasteiger partial charge >= 0.3 is 5.97 Å². The predicted molar refractivity (Wildman–Crippen MR) is 164 cm³/mol. The summed E-state index contributed by atoms with van der Waals surface area (Å²) in [5.41, 5.74) is 0.494. The molecule has 3 fully saturated rings. The molecule has 0 aromatic heterocycles. The predicted octanol–water partition coefficient (Wildman–Crippen LogP) is 4.40. The zero-order valence-corrected chi connectivity index (χ0v) is 27.1. The van der Waals surface area contributed by atoms with E-state index >= 15 is 0 Å². The number of likely N-dealkylation sites (tertiary alicyclic amines) is 2. The van der Waals surface area contributed by atoms with Crippen molar-refractivity contribution in [2.24, 2.45) is 11.8 Å². The van der Waals surface area contributed by atoms with Gasteiger partial charge in [0.2, 0.25) is 18.2 Å². The van der Waals surface area contributed by atoms with Crippen molar-refractivity contribution in [2.45, 2.75) is 118 Å². The van der Waals surface area contributed by atoms with Gasteiger partial charge in [0.25, 0.3) is 0 Å². The van der Waals surface area contributed by atoms with Crippen LogP contribution in [-0.4, -0.2) is 96.9 Å². The first-order chi connectivity index (χ1) is 19.5. The zero-order chi connectivity index (χ0) is 30.9. The molecule has 1 saturated carbocycles. The normalized spacial score (nSPS) is 19.9. The number of piperidine rings is 1. The van der Waals surface area contributed by atoms with Crippen LogP contribution < -0.4 is 5.32 Å². The summed E-state index contributed by atoms with van der Waals surface area (Å²) in [5, 5.41) is 2.37. The number of hydrogen-bond acceptors (Lipinski definition) is 6. The number of nitrogens with zero attached hydrogens (tertiary/aromatic N) is 3. The largest absolute Gasteiger partial charge is 0.464 e. The second-order valence-electron chi connectivity index (χ2n) is 12.2. The van der Waals surface area contributed by atoms with Crippen molar-refractivity contribution in [3.8, 4) is 0 Å². The third-order valence-corrected chi connectivity index (χ3v) is 7.68. The molecule has 9 heteroatoms. The van der Waals surface area contributed by atoms with E-state index in [9.17, 15) is 19.2 Å². The minimum atomic E-state index is -0.529. The van der Waals surface area contributed by atoms with Gasteiger partial charge < -0.3 is 24.8 Å². The first-order valence-electron chi connectivity index (χ1n) is 15.8. The lowest BCUT2D eigenvalue weighted by molar-refractivity contribution is -0.152. The van der Waals surface area contributed by atoms with E-state index < -0.39 is 6.04 Å². The molecular weight excluding hydrogens is 520 g/mol. The minimum absolute atomic E-state index is 0.0702. The fraction of sp³-hybridized carbons (Fsp3) is 0.812. The monoisotopic (exact) mass is 578 g/mol. The highest BCUT2D eigenvalue weighted by Gasteiger charge is 2.37. The maximum atomic E-state index is 13.0. The fourth-order valence-electron chi connectivity index (χ4n) is 5.00. The van der Waals surface area contributed by atoms with Gasteiger partial charge in [-0.25, -0.2) is 4.79 Å². The average Bonchev–Trinajstić information content (AvgIpc) is 3.66. The number of rotatable bonds is 11. The van der Waals surface area contributed by atoms with Crippen LogP contribution in [0.4, 0.5) is 0 Å². The highest BCUT2D eigenvalue weighted by atomic mass is 16.5. The molecule has 3 amide bonds. The summed E-state index contributed by atoms with van der Waals surface area (Å²) in [4.78, 5) is 53.8. The van der Waals surface area contributed by atoms with E-state index in [1.165, 1.54) is 43.7 Å². The molecule has 0 unspecified atom stereocenters. The van der Waals surface area contributed by atoms with E-state index in [1.807, 2.05) is 13.8 Å². The van der Waals surface area contributed by atoms with Gasteiger partial charge in [-0.2, -0.15) is 0 Å². The second-order valence-corrected chi connectivity index (χ2v) is 12.2. The molecule has 236 valence electrons. The number of amides is 3. The van der Waals surface area contributed by atoms with Crippen LogP contribution in [0.3, 0.4) is 0 Å². The molecule has 0 aromatic rings. The summed E-state index contributed by atoms with van der Waals surface area (Å²) >= 11 is 0. The number of ether oxygens (including phenoxy) is 1. The summed E-state index contributed by atoms with van der Waals surface area (Å²) in [5.74, 6) is -0.202. The molecule has 0 aromatic carbocycles. The Kier molecular flexibility index (Phi) is 17.5. The Morgan fingerprint density at radius 1 is 0.976 bits per heavy atom. The van der Waals surface area contributed by atoms with E-state index in [2.05, 4.69) is 37.9 Å². The molecule has 0 bridgehead atoms. The van der Waals surface area contributed by atoms with Crippen LogP contribution in [0, 0.1) is 11.8 Å². The van der Waals surface area contributed by atoms with Crippen molar-refractivity contribution in [1.29, 1.82) is 0 Å². The van der Waals surface area contributed by atoms with Gasteiger partial charge in [-0.3, -0.25) is 14.4 Å². The lowest BCUT2D eigenvalue weighted by Gasteiger charge is -2.30. The van der Waals surface area contributed by atoms with E-state index in [0.29, 0.717) is 37.5 Å². The SMILES string of the molecule is C/C(=C\[C@H](C(C)C)N(C)C(=O)CNC=O)C(=O)N1CCC[C@H]1C(=O)OCC1CC1.CC(C)N1CCCCC1.CCC. The Balaban J connectivity index is 0.000000581. The van der Waals surface area contributed by atoms with Gasteiger partial charge in [-0.1, -0.05) is 46.6 Å². The van der Waals surface area contributed by atoms with Crippen molar-refractivity contribution in [3.63, 3.8) is 0 Å². The third kappa shape index (κ3) is 13.4. The Morgan fingerprint density at radius 2 is 1.59 bits per heavy atom. The van der Waals surface area contributed by atoms with Crippen LogP contribution in [-0.2, 0) is 23.9 Å². The first kappa shape index (κ1) is 36.6. The third-order valence-electron chi connectivity index (χ3n) is 7.68. The first-order valence-corrected chi connectivity index (χ1v) is 15.8. The fourth-order valence-corrected chi connectivity index (χ4v) is 5.00. The van der Waals surface area contributed by atoms with Crippen LogP contribution in [0.25, 0.3) is 0 Å². The van der Waals surface area contributed by atoms with Gasteiger partial charge in [-0.05, 0) is 84.2 Å². The molecule has 0 radical (unpaired) electrons. The van der Waals surface area contributed by atoms with E-state index in [1.54, 1.807) is 24.9 Å². The molecular formula is C32H58N4O5. The second kappa shape index (κ2) is 19.7. The Labute approximate surface area is 249 Å². The van der Waals surface area contributed by atoms with E-state index in [-0.39, 0.29) is 36.3 Å². The summed E-state index contributed by atoms with van der Waals surface area (Å²) in [7, 11) is 1.65. The molecule has 2 aliphatic heterocycles. The molecule has 1 aliphatic carbocycles. The number of hydrogen-bond donors (Lipinski definition) is 1. The van der Waals surface area contributed by atoms with Crippen molar-refractivity contribution in [1.82, 2.24) is 20.0 Å². The number of carbonyl (C=O) groups excluding carboxylic acids is 4. The maximum Gasteiger partial charge on any atom is 0.328 e. The van der Waals surface area contributed by atoms with Crippen LogP contribution in [0.15, 0.2) is 11.6 Å². The molecule has 9 nitrogen and oxygen atoms in total. The Morgan fingerprint density at radius 3 is 2.07 bits per heavy atom. The highest BCUT2D eigenvalue weighted by molar-refractivity contribution is 5.96. The van der Waals surface area contributed by atoms with Crippen LogP contribution in [0.2, 0.25) is 0 Å². The molecule has 1 N–H and O–H groups in total. The Bertz CT molecular complexity index is 834. The molecule has 2 atom stereocenters. The summed E-state index contributed by atoms with van der Waals surface area (Å²) in [6.07, 6.45) is 11.4. The van der Waals surface area contributed by atoms with Crippen molar-refractivity contribution < 1.29 is 23.9 Å². The van der Waals surface area contributed by atoms with Gasteiger partial charge in [0.1, 0.15) is 6.04 Å². The highest BCUT2D eigenvalue weighted by Crippen LogP contribution is 2.30. The standard InChI is InChI=1S/C21H33N3O5.C8H17N.C3H8/c1-14(2)18(23(4)19(26)11-22-13-25)10-15(3)20(27)24-9-5-6-17(24)21(28)29-12-16-7-8-16;1-8(2)9-6-4-3-5-7-9;1-3-2/h10,13-14,16-18H,5-9,11-12H2,1-4H3,(H,22,25);8H,3-7H2,1-2H3;3H2,1-2H3/b15-10+;;/t17-,18+;;/m0../s1. The quantitative estimate of drug-likeness (QED) is 0.222. The number of likely N-dealkylation sites (N-methyl/N-ethyl adjacent to an activating group) is 1. The van der Waals surface area contributed by atoms with Crippen LogP contribution >= 0.6 is 0 Å². The zero-order valence-electron chi connectivity index (χ0n) is 27.1. The molecule has 0 spiro atoms. The number of nitrogens with one attached hydrogen (secondary N) is 1.